The van der Waals surface area contributed by atoms with Crippen LogP contribution in [0.15, 0.2) is 12.1 Å². The monoisotopic (exact) mass is 328 g/mol. The summed E-state index contributed by atoms with van der Waals surface area (Å²) in [6.45, 7) is 6.69. The number of nitrogens with zero attached hydrogens (tertiary/aromatic N) is 3. The fourth-order valence-electron chi connectivity index (χ4n) is 3.17. The maximum atomic E-state index is 12.6. The number of hydrogen-bond donors (Lipinski definition) is 1. The Labute approximate surface area is 140 Å². The SMILES string of the molecule is Cc1cc2c(cc1C)C(C(=O)NCc1nnc3n1CCOC3)CO2. The van der Waals surface area contributed by atoms with Gasteiger partial charge in [-0.25, -0.2) is 0 Å². The Bertz CT molecular complexity index is 799. The lowest BCUT2D eigenvalue weighted by Gasteiger charge is -2.16. The molecule has 126 valence electrons. The molecule has 1 atom stereocenters. The molecule has 3 heterocycles. The molecule has 1 N–H and O–H groups in total. The molecule has 1 aromatic carbocycles. The maximum Gasteiger partial charge on any atom is 0.231 e. The number of rotatable bonds is 3. The number of hydrogen-bond acceptors (Lipinski definition) is 5. The quantitative estimate of drug-likeness (QED) is 0.916. The van der Waals surface area contributed by atoms with Gasteiger partial charge in [0.25, 0.3) is 0 Å². The lowest BCUT2D eigenvalue weighted by atomic mass is 9.96. The number of carbonyl (C=O) groups is 1. The van der Waals surface area contributed by atoms with Crippen molar-refractivity contribution in [1.29, 1.82) is 0 Å². The van der Waals surface area contributed by atoms with E-state index in [2.05, 4.69) is 21.6 Å². The van der Waals surface area contributed by atoms with Crippen molar-refractivity contribution in [1.82, 2.24) is 20.1 Å². The Hall–Kier alpha value is -2.41. The fourth-order valence-corrected chi connectivity index (χ4v) is 3.17. The predicted octanol–water partition coefficient (Wildman–Crippen LogP) is 1.22. The van der Waals surface area contributed by atoms with Crippen LogP contribution in [0.1, 0.15) is 34.3 Å². The van der Waals surface area contributed by atoms with Gasteiger partial charge in [0, 0.05) is 12.1 Å². The molecule has 24 heavy (non-hydrogen) atoms. The highest BCUT2D eigenvalue weighted by molar-refractivity contribution is 5.85. The van der Waals surface area contributed by atoms with Crippen molar-refractivity contribution in [2.24, 2.45) is 0 Å². The number of benzene rings is 1. The molecule has 2 aromatic rings. The van der Waals surface area contributed by atoms with Gasteiger partial charge >= 0.3 is 0 Å². The number of amides is 1. The van der Waals surface area contributed by atoms with Crippen molar-refractivity contribution in [3.05, 3.63) is 40.5 Å². The first-order chi connectivity index (χ1) is 11.6. The minimum absolute atomic E-state index is 0.0404. The normalized spacial score (nSPS) is 18.7. The van der Waals surface area contributed by atoms with Gasteiger partial charge in [-0.05, 0) is 31.0 Å². The number of aromatic nitrogens is 3. The van der Waals surface area contributed by atoms with Crippen LogP contribution in [0.3, 0.4) is 0 Å². The summed E-state index contributed by atoms with van der Waals surface area (Å²) in [7, 11) is 0. The average Bonchev–Trinajstić information content (AvgIpc) is 3.17. The van der Waals surface area contributed by atoms with E-state index < -0.39 is 0 Å². The van der Waals surface area contributed by atoms with Crippen molar-refractivity contribution in [3.63, 3.8) is 0 Å². The smallest absolute Gasteiger partial charge is 0.231 e. The maximum absolute atomic E-state index is 12.6. The van der Waals surface area contributed by atoms with Crippen molar-refractivity contribution in [2.45, 2.75) is 39.5 Å². The molecule has 1 aromatic heterocycles. The van der Waals surface area contributed by atoms with Crippen LogP contribution >= 0.6 is 0 Å². The first-order valence-electron chi connectivity index (χ1n) is 8.14. The summed E-state index contributed by atoms with van der Waals surface area (Å²) < 4.78 is 13.0. The van der Waals surface area contributed by atoms with Crippen LogP contribution in [0.4, 0.5) is 0 Å². The van der Waals surface area contributed by atoms with E-state index in [0.29, 0.717) is 26.4 Å². The largest absolute Gasteiger partial charge is 0.492 e. The summed E-state index contributed by atoms with van der Waals surface area (Å²) in [4.78, 5) is 12.6. The van der Waals surface area contributed by atoms with Crippen LogP contribution in [0.2, 0.25) is 0 Å². The average molecular weight is 328 g/mol. The first-order valence-corrected chi connectivity index (χ1v) is 8.14. The highest BCUT2D eigenvalue weighted by Crippen LogP contribution is 2.36. The zero-order valence-electron chi connectivity index (χ0n) is 13.8. The third-order valence-corrected chi connectivity index (χ3v) is 4.74. The number of ether oxygens (including phenoxy) is 2. The van der Waals surface area contributed by atoms with Crippen molar-refractivity contribution in [3.8, 4) is 5.75 Å². The molecule has 1 amide bonds. The van der Waals surface area contributed by atoms with Gasteiger partial charge in [0.1, 0.15) is 24.9 Å². The van der Waals surface area contributed by atoms with Gasteiger partial charge in [0.2, 0.25) is 5.91 Å². The highest BCUT2D eigenvalue weighted by atomic mass is 16.5. The minimum Gasteiger partial charge on any atom is -0.492 e. The Morgan fingerprint density at radius 2 is 2.17 bits per heavy atom. The van der Waals surface area contributed by atoms with E-state index in [9.17, 15) is 4.79 Å². The Balaban J connectivity index is 1.47. The van der Waals surface area contributed by atoms with Crippen LogP contribution in [0.5, 0.6) is 5.75 Å². The summed E-state index contributed by atoms with van der Waals surface area (Å²) in [6.07, 6.45) is 0. The summed E-state index contributed by atoms with van der Waals surface area (Å²) in [5.41, 5.74) is 3.31. The lowest BCUT2D eigenvalue weighted by Crippen LogP contribution is -2.31. The van der Waals surface area contributed by atoms with Gasteiger partial charge in [-0.3, -0.25) is 4.79 Å². The zero-order valence-corrected chi connectivity index (χ0v) is 13.8. The number of aryl methyl sites for hydroxylation is 2. The topological polar surface area (TPSA) is 78.3 Å². The molecule has 2 aliphatic rings. The predicted molar refractivity (Wildman–Crippen MR) is 85.7 cm³/mol. The van der Waals surface area contributed by atoms with Gasteiger partial charge in [-0.1, -0.05) is 6.07 Å². The van der Waals surface area contributed by atoms with E-state index in [-0.39, 0.29) is 11.8 Å². The Morgan fingerprint density at radius 1 is 1.33 bits per heavy atom. The van der Waals surface area contributed by atoms with Crippen LogP contribution in [0.25, 0.3) is 0 Å². The molecule has 0 bridgehead atoms. The number of nitrogens with one attached hydrogen (secondary N) is 1. The second-order valence-electron chi connectivity index (χ2n) is 6.29. The Morgan fingerprint density at radius 3 is 3.04 bits per heavy atom. The molecular weight excluding hydrogens is 308 g/mol. The molecular formula is C17H20N4O3. The molecule has 1 unspecified atom stereocenters. The Kier molecular flexibility index (Phi) is 3.72. The van der Waals surface area contributed by atoms with E-state index >= 15 is 0 Å². The fraction of sp³-hybridized carbons (Fsp3) is 0.471. The summed E-state index contributed by atoms with van der Waals surface area (Å²) in [5.74, 6) is 2.08. The molecule has 0 saturated heterocycles. The van der Waals surface area contributed by atoms with Crippen LogP contribution < -0.4 is 10.1 Å². The molecule has 0 radical (unpaired) electrons. The van der Waals surface area contributed by atoms with Gasteiger partial charge < -0.3 is 19.4 Å². The third-order valence-electron chi connectivity index (χ3n) is 4.74. The molecule has 0 fully saturated rings. The zero-order chi connectivity index (χ0) is 16.7. The summed E-state index contributed by atoms with van der Waals surface area (Å²) in [5, 5.41) is 11.2. The highest BCUT2D eigenvalue weighted by Gasteiger charge is 2.31. The molecule has 2 aliphatic heterocycles. The minimum atomic E-state index is -0.272. The van der Waals surface area contributed by atoms with E-state index in [1.54, 1.807) is 0 Å². The van der Waals surface area contributed by atoms with E-state index in [1.165, 1.54) is 11.1 Å². The second-order valence-corrected chi connectivity index (χ2v) is 6.29. The van der Waals surface area contributed by atoms with Gasteiger partial charge in [-0.2, -0.15) is 0 Å². The van der Waals surface area contributed by atoms with Crippen LogP contribution in [-0.2, 0) is 29.2 Å². The molecule has 0 saturated carbocycles. The summed E-state index contributed by atoms with van der Waals surface area (Å²) in [6, 6.07) is 4.06. The van der Waals surface area contributed by atoms with Crippen LogP contribution in [-0.4, -0.2) is 33.9 Å². The van der Waals surface area contributed by atoms with Crippen molar-refractivity contribution in [2.75, 3.05) is 13.2 Å². The number of carbonyl (C=O) groups excluding carboxylic acids is 1. The van der Waals surface area contributed by atoms with Crippen molar-refractivity contribution >= 4 is 5.91 Å². The third kappa shape index (κ3) is 2.54. The number of fused-ring (bicyclic) bond motifs is 2. The van der Waals surface area contributed by atoms with Crippen LogP contribution in [0, 0.1) is 13.8 Å². The standard InChI is InChI=1S/C17H20N4O3/c1-10-5-12-13(8-24-14(12)6-11(10)2)17(22)18-7-15-19-20-16-9-23-4-3-21(15)16/h5-6,13H,3-4,7-9H2,1-2H3,(H,18,22). The molecule has 0 aliphatic carbocycles. The molecule has 4 rings (SSSR count). The van der Waals surface area contributed by atoms with Gasteiger partial charge in [0.15, 0.2) is 11.6 Å². The van der Waals surface area contributed by atoms with E-state index in [0.717, 1.165) is 29.5 Å². The van der Waals surface area contributed by atoms with Gasteiger partial charge in [-0.15, -0.1) is 10.2 Å². The molecule has 7 nitrogen and oxygen atoms in total. The van der Waals surface area contributed by atoms with E-state index in [1.807, 2.05) is 24.5 Å². The molecule has 0 spiro atoms. The van der Waals surface area contributed by atoms with Gasteiger partial charge in [0.05, 0.1) is 13.2 Å². The van der Waals surface area contributed by atoms with E-state index in [4.69, 9.17) is 9.47 Å². The second kappa shape index (κ2) is 5.90. The molecule has 7 heteroatoms. The lowest BCUT2D eigenvalue weighted by molar-refractivity contribution is -0.122. The summed E-state index contributed by atoms with van der Waals surface area (Å²) >= 11 is 0. The van der Waals surface area contributed by atoms with Crippen molar-refractivity contribution < 1.29 is 14.3 Å². The first kappa shape index (κ1) is 15.1.